The van der Waals surface area contributed by atoms with E-state index < -0.39 is 35.2 Å². The lowest BCUT2D eigenvalue weighted by Crippen LogP contribution is -2.60. The molecule has 10 nitrogen and oxygen atoms in total. The van der Waals surface area contributed by atoms with Gasteiger partial charge >= 0.3 is 6.01 Å². The van der Waals surface area contributed by atoms with Crippen LogP contribution in [0.25, 0.3) is 22.3 Å². The lowest BCUT2D eigenvalue weighted by molar-refractivity contribution is 0.107. The van der Waals surface area contributed by atoms with Crippen LogP contribution < -0.4 is 25.4 Å². The molecule has 0 saturated carbocycles. The molecule has 0 amide bonds. The van der Waals surface area contributed by atoms with Gasteiger partial charge in [-0.2, -0.15) is 9.97 Å². The van der Waals surface area contributed by atoms with Crippen LogP contribution in [0.15, 0.2) is 6.07 Å². The Morgan fingerprint density at radius 3 is 2.88 bits per heavy atom. The molecule has 8 heterocycles. The molecule has 2 bridgehead atoms. The zero-order valence-electron chi connectivity index (χ0n) is 23.6. The van der Waals surface area contributed by atoms with Crippen molar-refractivity contribution in [2.45, 2.75) is 75.3 Å². The van der Waals surface area contributed by atoms with Gasteiger partial charge in [0.2, 0.25) is 5.88 Å². The normalized spacial score (nSPS) is 29.6. The fourth-order valence-corrected chi connectivity index (χ4v) is 7.95. The Morgan fingerprint density at radius 2 is 2.05 bits per heavy atom. The number of nitrogens with one attached hydrogen (secondary N) is 1. The van der Waals surface area contributed by atoms with Gasteiger partial charge in [0.05, 0.1) is 11.6 Å². The van der Waals surface area contributed by atoms with Crippen molar-refractivity contribution >= 4 is 22.5 Å². The molecule has 5 atom stereocenters. The molecule has 14 heteroatoms. The van der Waals surface area contributed by atoms with Crippen molar-refractivity contribution < 1.29 is 27.0 Å². The maximum Gasteiger partial charge on any atom is 0.319 e. The summed E-state index contributed by atoms with van der Waals surface area (Å²) in [6, 6.07) is 1.49. The van der Waals surface area contributed by atoms with Crippen LogP contribution in [0.5, 0.6) is 11.9 Å². The Kier molecular flexibility index (Phi) is 6.13. The molecule has 0 spiro atoms. The van der Waals surface area contributed by atoms with E-state index >= 15 is 4.39 Å². The number of alkyl halides is 3. The van der Waals surface area contributed by atoms with Gasteiger partial charge in [-0.05, 0) is 50.8 Å². The molecule has 3 aromatic heterocycles. The first kappa shape index (κ1) is 27.1. The third-order valence-electron chi connectivity index (χ3n) is 9.89. The summed E-state index contributed by atoms with van der Waals surface area (Å²) in [5.74, 6) is -0.524. The minimum absolute atomic E-state index is 0.0388. The van der Waals surface area contributed by atoms with Gasteiger partial charge in [-0.15, -0.1) is 0 Å². The summed E-state index contributed by atoms with van der Waals surface area (Å²) in [5.41, 5.74) is 4.20. The number of hydrogen-bond donors (Lipinski definition) is 2. The number of hydrogen-bond acceptors (Lipinski definition) is 10. The number of halogens is 4. The number of nitrogens with zero attached hydrogens (tertiary/aromatic N) is 6. The third-order valence-corrected chi connectivity index (χ3v) is 9.89. The number of anilines is 2. The zero-order chi connectivity index (χ0) is 29.6. The highest BCUT2D eigenvalue weighted by molar-refractivity contribution is 5.97. The maximum atomic E-state index is 16.6. The minimum Gasteiger partial charge on any atom is -0.475 e. The van der Waals surface area contributed by atoms with Gasteiger partial charge < -0.3 is 25.4 Å². The number of aromatic nitrogens is 4. The van der Waals surface area contributed by atoms with Gasteiger partial charge in [0.1, 0.15) is 53.3 Å². The topological polar surface area (TPSA) is 115 Å². The van der Waals surface area contributed by atoms with E-state index in [0.717, 1.165) is 32.2 Å². The van der Waals surface area contributed by atoms with E-state index in [1.807, 2.05) is 0 Å². The Labute approximate surface area is 245 Å². The molecule has 8 rings (SSSR count). The SMILES string of the molecule is Cc1cc(N)nc(-c2nc3c4c(nc(OC[C@@]56CCCN5C[C@H](F)C6)nc4c2F)N2C[C@@H]4CC[C@@H](N4)[C@H]2CO3)c1C(F)F. The first-order valence-corrected chi connectivity index (χ1v) is 14.8. The quantitative estimate of drug-likeness (QED) is 0.420. The summed E-state index contributed by atoms with van der Waals surface area (Å²) in [4.78, 5) is 22.0. The predicted molar refractivity (Wildman–Crippen MR) is 150 cm³/mol. The summed E-state index contributed by atoms with van der Waals surface area (Å²) < 4.78 is 71.9. The van der Waals surface area contributed by atoms with Crippen LogP contribution in [0.4, 0.5) is 29.2 Å². The number of aryl methyl sites for hydroxylation is 1. The van der Waals surface area contributed by atoms with Crippen molar-refractivity contribution in [1.29, 1.82) is 0 Å². The first-order valence-electron chi connectivity index (χ1n) is 14.8. The summed E-state index contributed by atoms with van der Waals surface area (Å²) in [6.45, 7) is 3.63. The van der Waals surface area contributed by atoms with Gasteiger partial charge in [0.15, 0.2) is 5.82 Å². The van der Waals surface area contributed by atoms with Crippen LogP contribution in [-0.4, -0.2) is 87.5 Å². The fourth-order valence-electron chi connectivity index (χ4n) is 7.95. The van der Waals surface area contributed by atoms with Crippen LogP contribution in [0, 0.1) is 12.7 Å². The minimum atomic E-state index is -2.95. The fraction of sp³-hybridized carbons (Fsp3) is 0.586. The molecule has 5 aliphatic rings. The summed E-state index contributed by atoms with van der Waals surface area (Å²) >= 11 is 0. The highest BCUT2D eigenvalue weighted by atomic mass is 19.3. The van der Waals surface area contributed by atoms with E-state index in [4.69, 9.17) is 20.2 Å². The van der Waals surface area contributed by atoms with E-state index in [9.17, 15) is 13.2 Å². The predicted octanol–water partition coefficient (Wildman–Crippen LogP) is 3.71. The molecule has 0 aliphatic carbocycles. The van der Waals surface area contributed by atoms with Crippen molar-refractivity contribution in [2.75, 3.05) is 43.5 Å². The molecule has 0 unspecified atom stereocenters. The Balaban J connectivity index is 1.30. The lowest BCUT2D eigenvalue weighted by Gasteiger charge is -2.40. The number of nitrogen functional groups attached to an aromatic ring is 1. The third kappa shape index (κ3) is 4.20. The summed E-state index contributed by atoms with van der Waals surface area (Å²) in [6.07, 6.45) is 0.134. The highest BCUT2D eigenvalue weighted by Gasteiger charge is 2.50. The van der Waals surface area contributed by atoms with Gasteiger partial charge in [-0.25, -0.2) is 27.5 Å². The van der Waals surface area contributed by atoms with E-state index in [2.05, 4.69) is 30.1 Å². The molecular weight excluding hydrogens is 568 g/mol. The number of rotatable bonds is 5. The number of nitrogens with two attached hydrogens (primary N) is 1. The van der Waals surface area contributed by atoms with Crippen LogP contribution in [0.3, 0.4) is 0 Å². The number of fused-ring (bicyclic) bond motifs is 6. The standard InChI is InChI=1S/C29H32F4N8O2/c1-13-7-18(34)36-23(19(13)25(32)33)24-21(31)22-20-26(41-10-15-3-4-16(35-15)17(41)11-42-27(20)37-24)39-28(38-22)43-12-29-5-2-6-40(29)9-14(30)8-29/h7,14-17,25,35H,2-6,8-12H2,1H3,(H2,34,36)/t14-,15+,16-,17-,29+/m1/s1. The van der Waals surface area contributed by atoms with E-state index in [-0.39, 0.29) is 71.2 Å². The average Bonchev–Trinajstić information content (AvgIpc) is 3.59. The zero-order valence-corrected chi connectivity index (χ0v) is 23.6. The smallest absolute Gasteiger partial charge is 0.319 e. The van der Waals surface area contributed by atoms with Crippen LogP contribution in [0.1, 0.15) is 49.7 Å². The van der Waals surface area contributed by atoms with Crippen molar-refractivity contribution in [3.63, 3.8) is 0 Å². The van der Waals surface area contributed by atoms with Crippen LogP contribution in [0.2, 0.25) is 0 Å². The van der Waals surface area contributed by atoms with Crippen molar-refractivity contribution in [3.05, 3.63) is 23.0 Å². The summed E-state index contributed by atoms with van der Waals surface area (Å²) in [7, 11) is 0. The van der Waals surface area contributed by atoms with E-state index in [1.54, 1.807) is 0 Å². The van der Waals surface area contributed by atoms with Crippen molar-refractivity contribution in [1.82, 2.24) is 30.2 Å². The van der Waals surface area contributed by atoms with Crippen molar-refractivity contribution in [3.8, 4) is 23.3 Å². The second-order valence-electron chi connectivity index (χ2n) is 12.5. The number of pyridine rings is 2. The van der Waals surface area contributed by atoms with Gasteiger partial charge in [0, 0.05) is 37.2 Å². The van der Waals surface area contributed by atoms with Gasteiger partial charge in [0.25, 0.3) is 6.43 Å². The van der Waals surface area contributed by atoms with Gasteiger partial charge in [-0.3, -0.25) is 4.90 Å². The van der Waals surface area contributed by atoms with Crippen LogP contribution >= 0.6 is 0 Å². The second kappa shape index (κ2) is 9.74. The summed E-state index contributed by atoms with van der Waals surface area (Å²) in [5, 5.41) is 3.88. The molecule has 5 aliphatic heterocycles. The molecule has 3 aromatic rings. The van der Waals surface area contributed by atoms with Crippen molar-refractivity contribution in [2.24, 2.45) is 0 Å². The highest BCUT2D eigenvalue weighted by Crippen LogP contribution is 2.45. The molecule has 0 radical (unpaired) electrons. The largest absolute Gasteiger partial charge is 0.475 e. The molecule has 4 saturated heterocycles. The van der Waals surface area contributed by atoms with Crippen LogP contribution in [-0.2, 0) is 0 Å². The Hall–Kier alpha value is -3.52. The molecular formula is C29H32F4N8O2. The Morgan fingerprint density at radius 1 is 1.19 bits per heavy atom. The lowest BCUT2D eigenvalue weighted by atomic mass is 9.95. The Bertz CT molecular complexity index is 1630. The maximum absolute atomic E-state index is 16.6. The van der Waals surface area contributed by atoms with E-state index in [0.29, 0.717) is 25.3 Å². The molecule has 43 heavy (non-hydrogen) atoms. The molecule has 3 N–H and O–H groups in total. The number of piperazine rings is 1. The number of ether oxygens (including phenoxy) is 2. The average molecular weight is 601 g/mol. The van der Waals surface area contributed by atoms with Gasteiger partial charge in [-0.1, -0.05) is 0 Å². The van der Waals surface area contributed by atoms with E-state index in [1.165, 1.54) is 13.0 Å². The monoisotopic (exact) mass is 600 g/mol. The molecule has 0 aromatic carbocycles. The first-order chi connectivity index (χ1) is 20.7. The molecule has 228 valence electrons. The molecule has 4 fully saturated rings. The second-order valence-corrected chi connectivity index (χ2v) is 12.5.